The van der Waals surface area contributed by atoms with E-state index in [1.54, 1.807) is 11.9 Å². The fourth-order valence-electron chi connectivity index (χ4n) is 3.05. The number of rotatable bonds is 3. The average Bonchev–Trinajstić information content (AvgIpc) is 3.00. The van der Waals surface area contributed by atoms with Crippen molar-refractivity contribution in [2.24, 2.45) is 5.92 Å². The second kappa shape index (κ2) is 6.36. The first-order valence-corrected chi connectivity index (χ1v) is 8.75. The van der Waals surface area contributed by atoms with Gasteiger partial charge in [0.05, 0.1) is 17.7 Å². The van der Waals surface area contributed by atoms with Crippen LogP contribution in [0.15, 0.2) is 24.3 Å². The number of nitrogens with one attached hydrogen (secondary N) is 1. The number of carbonyl (C=O) groups is 2. The van der Waals surface area contributed by atoms with Crippen LogP contribution in [-0.2, 0) is 9.59 Å². The lowest BCUT2D eigenvalue weighted by atomic mass is 9.92. The third-order valence-corrected chi connectivity index (χ3v) is 5.59. The molecule has 0 spiro atoms. The maximum absolute atomic E-state index is 12.8. The zero-order valence-electron chi connectivity index (χ0n) is 14.3. The Balaban J connectivity index is 1.85. The van der Waals surface area contributed by atoms with Gasteiger partial charge in [-0.05, 0) is 26.3 Å². The zero-order valence-corrected chi connectivity index (χ0v) is 15.1. The van der Waals surface area contributed by atoms with Crippen LogP contribution in [0, 0.1) is 26.7 Å². The highest BCUT2D eigenvalue weighted by Gasteiger charge is 2.42. The second-order valence-electron chi connectivity index (χ2n) is 6.32. The van der Waals surface area contributed by atoms with E-state index in [1.165, 1.54) is 11.3 Å². The SMILES string of the molecule is Cc1ccc([C@H]2[C@H](C(=O)Nc3nc(C)c(C)s3)CC(=O)N2C)cc1. The molecule has 2 amide bonds. The molecule has 5 nitrogen and oxygen atoms in total. The number of thiazole rings is 1. The van der Waals surface area contributed by atoms with Gasteiger partial charge in [0, 0.05) is 18.3 Å². The average molecular weight is 343 g/mol. The van der Waals surface area contributed by atoms with Gasteiger partial charge in [0.1, 0.15) is 0 Å². The zero-order chi connectivity index (χ0) is 17.4. The topological polar surface area (TPSA) is 62.3 Å². The highest BCUT2D eigenvalue weighted by atomic mass is 32.1. The van der Waals surface area contributed by atoms with Crippen molar-refractivity contribution in [3.63, 3.8) is 0 Å². The molecule has 1 saturated heterocycles. The monoisotopic (exact) mass is 343 g/mol. The fourth-order valence-corrected chi connectivity index (χ4v) is 3.87. The standard InChI is InChI=1S/C18H21N3O2S/c1-10-5-7-13(8-6-10)16-14(9-15(22)21(16)4)17(23)20-18-19-11(2)12(3)24-18/h5-8,14,16H,9H2,1-4H3,(H,19,20,23)/t14-,16+/m1/s1. The van der Waals surface area contributed by atoms with E-state index in [0.717, 1.165) is 21.7 Å². The minimum atomic E-state index is -0.408. The molecule has 1 aromatic heterocycles. The van der Waals surface area contributed by atoms with E-state index < -0.39 is 5.92 Å². The van der Waals surface area contributed by atoms with Crippen molar-refractivity contribution in [2.75, 3.05) is 12.4 Å². The molecular formula is C18H21N3O2S. The van der Waals surface area contributed by atoms with Gasteiger partial charge in [0.2, 0.25) is 11.8 Å². The maximum atomic E-state index is 12.8. The Morgan fingerprint density at radius 1 is 1.25 bits per heavy atom. The lowest BCUT2D eigenvalue weighted by molar-refractivity contribution is -0.127. The molecule has 126 valence electrons. The minimum absolute atomic E-state index is 0.00720. The number of aryl methyl sites for hydroxylation is 3. The molecule has 2 heterocycles. The molecule has 1 fully saturated rings. The third-order valence-electron chi connectivity index (χ3n) is 4.60. The summed E-state index contributed by atoms with van der Waals surface area (Å²) in [6.45, 7) is 5.92. The number of hydrogen-bond acceptors (Lipinski definition) is 4. The molecule has 24 heavy (non-hydrogen) atoms. The lowest BCUT2D eigenvalue weighted by Crippen LogP contribution is -2.30. The van der Waals surface area contributed by atoms with E-state index in [2.05, 4.69) is 10.3 Å². The van der Waals surface area contributed by atoms with Crippen LogP contribution in [-0.4, -0.2) is 28.7 Å². The molecule has 1 aromatic carbocycles. The summed E-state index contributed by atoms with van der Waals surface area (Å²) in [5, 5.41) is 3.48. The summed E-state index contributed by atoms with van der Waals surface area (Å²) in [7, 11) is 1.76. The smallest absolute Gasteiger partial charge is 0.232 e. The van der Waals surface area contributed by atoms with E-state index in [1.807, 2.05) is 45.0 Å². The number of carbonyl (C=O) groups excluding carboxylic acids is 2. The molecule has 1 aliphatic heterocycles. The second-order valence-corrected chi connectivity index (χ2v) is 7.52. The van der Waals surface area contributed by atoms with Crippen molar-refractivity contribution in [2.45, 2.75) is 33.2 Å². The van der Waals surface area contributed by atoms with Crippen molar-refractivity contribution in [1.29, 1.82) is 0 Å². The molecule has 1 aliphatic rings. The van der Waals surface area contributed by atoms with Gasteiger partial charge < -0.3 is 10.2 Å². The van der Waals surface area contributed by atoms with Crippen LogP contribution < -0.4 is 5.32 Å². The molecule has 6 heteroatoms. The summed E-state index contributed by atoms with van der Waals surface area (Å²) in [5.41, 5.74) is 3.06. The van der Waals surface area contributed by atoms with Crippen molar-refractivity contribution in [3.05, 3.63) is 46.0 Å². The molecule has 3 rings (SSSR count). The van der Waals surface area contributed by atoms with Crippen LogP contribution >= 0.6 is 11.3 Å². The number of anilines is 1. The number of likely N-dealkylation sites (tertiary alicyclic amines) is 1. The van der Waals surface area contributed by atoms with Gasteiger partial charge in [-0.15, -0.1) is 11.3 Å². The van der Waals surface area contributed by atoms with Gasteiger partial charge in [-0.1, -0.05) is 29.8 Å². The van der Waals surface area contributed by atoms with E-state index in [-0.39, 0.29) is 24.3 Å². The van der Waals surface area contributed by atoms with Gasteiger partial charge >= 0.3 is 0 Å². The Kier molecular flexibility index (Phi) is 4.41. The summed E-state index contributed by atoms with van der Waals surface area (Å²) in [4.78, 5) is 32.1. The van der Waals surface area contributed by atoms with E-state index >= 15 is 0 Å². The molecule has 0 unspecified atom stereocenters. The van der Waals surface area contributed by atoms with Crippen LogP contribution in [0.1, 0.15) is 34.2 Å². The first-order chi connectivity index (χ1) is 11.4. The highest BCUT2D eigenvalue weighted by Crippen LogP contribution is 2.38. The van der Waals surface area contributed by atoms with E-state index in [9.17, 15) is 9.59 Å². The number of amides is 2. The van der Waals surface area contributed by atoms with Gasteiger partial charge in [-0.25, -0.2) is 4.98 Å². The largest absolute Gasteiger partial charge is 0.338 e. The van der Waals surface area contributed by atoms with Gasteiger partial charge in [-0.2, -0.15) is 0 Å². The Labute approximate surface area is 145 Å². The first kappa shape index (κ1) is 16.6. The predicted molar refractivity (Wildman–Crippen MR) is 95.0 cm³/mol. The molecule has 0 radical (unpaired) electrons. The van der Waals surface area contributed by atoms with Crippen LogP contribution in [0.4, 0.5) is 5.13 Å². The lowest BCUT2D eigenvalue weighted by Gasteiger charge is -2.24. The number of nitrogens with zero attached hydrogens (tertiary/aromatic N) is 2. The van der Waals surface area contributed by atoms with Crippen molar-refractivity contribution < 1.29 is 9.59 Å². The first-order valence-electron chi connectivity index (χ1n) is 7.94. The normalized spacial score (nSPS) is 20.5. The van der Waals surface area contributed by atoms with E-state index in [0.29, 0.717) is 5.13 Å². The molecule has 0 aliphatic carbocycles. The number of hydrogen-bond donors (Lipinski definition) is 1. The van der Waals surface area contributed by atoms with Crippen LogP contribution in [0.25, 0.3) is 0 Å². The summed E-state index contributed by atoms with van der Waals surface area (Å²) < 4.78 is 0. The Bertz CT molecular complexity index is 763. The van der Waals surface area contributed by atoms with Crippen LogP contribution in [0.5, 0.6) is 0 Å². The van der Waals surface area contributed by atoms with Crippen molar-refractivity contribution in [3.8, 4) is 0 Å². The molecular weight excluding hydrogens is 322 g/mol. The quantitative estimate of drug-likeness (QED) is 0.931. The van der Waals surface area contributed by atoms with Crippen LogP contribution in [0.3, 0.4) is 0 Å². The minimum Gasteiger partial charge on any atom is -0.338 e. The molecule has 0 bridgehead atoms. The summed E-state index contributed by atoms with van der Waals surface area (Å²) in [6, 6.07) is 7.77. The van der Waals surface area contributed by atoms with Crippen LogP contribution in [0.2, 0.25) is 0 Å². The highest BCUT2D eigenvalue weighted by molar-refractivity contribution is 7.15. The Morgan fingerprint density at radius 3 is 2.50 bits per heavy atom. The van der Waals surface area contributed by atoms with Gasteiger partial charge in [0.25, 0.3) is 0 Å². The Morgan fingerprint density at radius 2 is 1.92 bits per heavy atom. The summed E-state index contributed by atoms with van der Waals surface area (Å²) in [5.74, 6) is -0.561. The number of aromatic nitrogens is 1. The Hall–Kier alpha value is -2.21. The van der Waals surface area contributed by atoms with E-state index in [4.69, 9.17) is 0 Å². The predicted octanol–water partition coefficient (Wildman–Crippen LogP) is 3.23. The summed E-state index contributed by atoms with van der Waals surface area (Å²) >= 11 is 1.46. The van der Waals surface area contributed by atoms with Crippen molar-refractivity contribution >= 4 is 28.3 Å². The third kappa shape index (κ3) is 3.06. The molecule has 0 saturated carbocycles. The summed E-state index contributed by atoms with van der Waals surface area (Å²) in [6.07, 6.45) is 0.226. The molecule has 2 aromatic rings. The molecule has 2 atom stereocenters. The van der Waals surface area contributed by atoms with Gasteiger partial charge in [-0.3, -0.25) is 9.59 Å². The van der Waals surface area contributed by atoms with Gasteiger partial charge in [0.15, 0.2) is 5.13 Å². The fraction of sp³-hybridized carbons (Fsp3) is 0.389. The number of benzene rings is 1. The maximum Gasteiger partial charge on any atom is 0.232 e. The van der Waals surface area contributed by atoms with Crippen molar-refractivity contribution in [1.82, 2.24) is 9.88 Å². The molecule has 1 N–H and O–H groups in total.